The highest BCUT2D eigenvalue weighted by molar-refractivity contribution is 6.02. The van der Waals surface area contributed by atoms with Crippen LogP contribution in [0, 0.1) is 11.3 Å². The molecular formula is C28H25N3O3. The zero-order valence-electron chi connectivity index (χ0n) is 18.7. The molecule has 6 heteroatoms. The molecule has 4 rings (SSSR count). The number of aliphatic carboxylic acids is 1. The molecule has 1 fully saturated rings. The highest BCUT2D eigenvalue weighted by Crippen LogP contribution is 2.38. The number of rotatable bonds is 7. The van der Waals surface area contributed by atoms with Gasteiger partial charge in [0, 0.05) is 5.56 Å². The van der Waals surface area contributed by atoms with E-state index >= 15 is 0 Å². The Labute approximate surface area is 198 Å². The number of carbonyl (C=O) groups is 2. The van der Waals surface area contributed by atoms with Gasteiger partial charge in [0.2, 0.25) is 0 Å². The third-order valence-corrected chi connectivity index (χ3v) is 6.17. The Morgan fingerprint density at radius 2 is 1.71 bits per heavy atom. The van der Waals surface area contributed by atoms with Gasteiger partial charge in [-0.3, -0.25) is 9.59 Å². The fourth-order valence-corrected chi connectivity index (χ4v) is 4.46. The second kappa shape index (κ2) is 10.1. The maximum absolute atomic E-state index is 13.1. The van der Waals surface area contributed by atoms with E-state index in [0.717, 1.165) is 36.8 Å². The minimum Gasteiger partial charge on any atom is -0.481 e. The van der Waals surface area contributed by atoms with Gasteiger partial charge in [-0.15, -0.1) is 0 Å². The van der Waals surface area contributed by atoms with Crippen molar-refractivity contribution in [3.05, 3.63) is 95.2 Å². The van der Waals surface area contributed by atoms with Gasteiger partial charge in [-0.25, -0.2) is 4.98 Å². The van der Waals surface area contributed by atoms with Crippen LogP contribution < -0.4 is 5.32 Å². The van der Waals surface area contributed by atoms with Gasteiger partial charge in [0.25, 0.3) is 5.91 Å². The Bertz CT molecular complexity index is 1250. The van der Waals surface area contributed by atoms with Crippen LogP contribution in [0.25, 0.3) is 17.3 Å². The molecule has 1 saturated carbocycles. The van der Waals surface area contributed by atoms with E-state index in [-0.39, 0.29) is 12.0 Å². The SMILES string of the molecule is N#CC(=Cc1cccc(-c2ccc(CC(=O)O)cc2)n1)C(=O)NC1(c2ccccc2)CCCC1. The first-order chi connectivity index (χ1) is 16.5. The molecule has 3 aromatic rings. The van der Waals surface area contributed by atoms with Gasteiger partial charge >= 0.3 is 5.97 Å². The van der Waals surface area contributed by atoms with Crippen LogP contribution in [0.3, 0.4) is 0 Å². The van der Waals surface area contributed by atoms with Crippen LogP contribution >= 0.6 is 0 Å². The van der Waals surface area contributed by atoms with Crippen LogP contribution in [0.4, 0.5) is 0 Å². The van der Waals surface area contributed by atoms with Crippen molar-refractivity contribution in [3.8, 4) is 17.3 Å². The van der Waals surface area contributed by atoms with Crippen LogP contribution in [-0.4, -0.2) is 22.0 Å². The fourth-order valence-electron chi connectivity index (χ4n) is 4.46. The van der Waals surface area contributed by atoms with E-state index in [1.807, 2.05) is 60.7 Å². The summed E-state index contributed by atoms with van der Waals surface area (Å²) in [5.74, 6) is -1.29. The summed E-state index contributed by atoms with van der Waals surface area (Å²) in [4.78, 5) is 28.6. The highest BCUT2D eigenvalue weighted by Gasteiger charge is 2.37. The fraction of sp³-hybridized carbons (Fsp3) is 0.214. The molecule has 34 heavy (non-hydrogen) atoms. The molecule has 0 unspecified atom stereocenters. The predicted molar refractivity (Wildman–Crippen MR) is 129 cm³/mol. The zero-order valence-corrected chi connectivity index (χ0v) is 18.7. The number of nitriles is 1. The number of nitrogens with one attached hydrogen (secondary N) is 1. The van der Waals surface area contributed by atoms with Gasteiger partial charge in [0.15, 0.2) is 0 Å². The highest BCUT2D eigenvalue weighted by atomic mass is 16.4. The summed E-state index contributed by atoms with van der Waals surface area (Å²) in [6.07, 6.45) is 5.19. The first-order valence-electron chi connectivity index (χ1n) is 11.3. The molecule has 1 amide bonds. The van der Waals surface area contributed by atoms with E-state index in [1.54, 1.807) is 18.2 Å². The van der Waals surface area contributed by atoms with Crippen molar-refractivity contribution in [2.75, 3.05) is 0 Å². The van der Waals surface area contributed by atoms with Crippen molar-refractivity contribution in [2.24, 2.45) is 0 Å². The van der Waals surface area contributed by atoms with E-state index in [0.29, 0.717) is 17.0 Å². The maximum Gasteiger partial charge on any atom is 0.307 e. The predicted octanol–water partition coefficient (Wildman–Crippen LogP) is 4.87. The number of benzene rings is 2. The summed E-state index contributed by atoms with van der Waals surface area (Å²) >= 11 is 0. The van der Waals surface area contributed by atoms with Crippen LogP contribution in [0.2, 0.25) is 0 Å². The van der Waals surface area contributed by atoms with Crippen LogP contribution in [0.5, 0.6) is 0 Å². The number of pyridine rings is 1. The van der Waals surface area contributed by atoms with Gasteiger partial charge < -0.3 is 10.4 Å². The Morgan fingerprint density at radius 3 is 2.35 bits per heavy atom. The normalized spacial score (nSPS) is 14.9. The lowest BCUT2D eigenvalue weighted by Crippen LogP contribution is -2.44. The largest absolute Gasteiger partial charge is 0.481 e. The van der Waals surface area contributed by atoms with Gasteiger partial charge in [0.05, 0.1) is 23.3 Å². The maximum atomic E-state index is 13.1. The zero-order chi connectivity index (χ0) is 24.0. The van der Waals surface area contributed by atoms with Crippen LogP contribution in [-0.2, 0) is 21.5 Å². The first kappa shape index (κ1) is 22.9. The van der Waals surface area contributed by atoms with E-state index in [2.05, 4.69) is 10.3 Å². The number of aromatic nitrogens is 1. The standard InChI is InChI=1S/C28H25N3O3/c29-19-22(27(34)31-28(15-4-5-16-28)23-7-2-1-3-8-23)18-24-9-6-10-25(30-24)21-13-11-20(12-14-21)17-26(32)33/h1-3,6-14,18H,4-5,15-17H2,(H,31,34)(H,32,33). The minimum atomic E-state index is -0.882. The van der Waals surface area contributed by atoms with Gasteiger partial charge in [-0.05, 0) is 42.2 Å². The molecule has 2 aromatic carbocycles. The van der Waals surface area contributed by atoms with Crippen molar-refractivity contribution in [3.63, 3.8) is 0 Å². The van der Waals surface area contributed by atoms with Crippen molar-refractivity contribution in [1.82, 2.24) is 10.3 Å². The summed E-state index contributed by atoms with van der Waals surface area (Å²) in [6.45, 7) is 0. The summed E-state index contributed by atoms with van der Waals surface area (Å²) < 4.78 is 0. The molecule has 0 bridgehead atoms. The number of hydrogen-bond donors (Lipinski definition) is 2. The molecule has 0 saturated heterocycles. The average molecular weight is 452 g/mol. The average Bonchev–Trinajstić information content (AvgIpc) is 3.33. The summed E-state index contributed by atoms with van der Waals surface area (Å²) in [7, 11) is 0. The summed E-state index contributed by atoms with van der Waals surface area (Å²) in [5.41, 5.74) is 3.30. The lowest BCUT2D eigenvalue weighted by Gasteiger charge is -2.31. The van der Waals surface area contributed by atoms with Crippen molar-refractivity contribution in [2.45, 2.75) is 37.6 Å². The van der Waals surface area contributed by atoms with Crippen molar-refractivity contribution >= 4 is 18.0 Å². The molecule has 2 N–H and O–H groups in total. The Kier molecular flexibility index (Phi) is 6.84. The summed E-state index contributed by atoms with van der Waals surface area (Å²) in [5, 5.41) is 21.8. The number of nitrogens with zero attached hydrogens (tertiary/aromatic N) is 2. The molecule has 6 nitrogen and oxygen atoms in total. The molecule has 1 aliphatic carbocycles. The van der Waals surface area contributed by atoms with Gasteiger partial charge in [-0.1, -0.05) is 73.5 Å². The van der Waals surface area contributed by atoms with Crippen molar-refractivity contribution in [1.29, 1.82) is 5.26 Å². The molecule has 170 valence electrons. The van der Waals surface area contributed by atoms with Crippen LogP contribution in [0.1, 0.15) is 42.5 Å². The lowest BCUT2D eigenvalue weighted by atomic mass is 9.88. The first-order valence-corrected chi connectivity index (χ1v) is 11.3. The molecule has 0 atom stereocenters. The van der Waals surface area contributed by atoms with E-state index < -0.39 is 17.4 Å². The molecule has 0 spiro atoms. The van der Waals surface area contributed by atoms with E-state index in [9.17, 15) is 14.9 Å². The second-order valence-corrected chi connectivity index (χ2v) is 8.49. The van der Waals surface area contributed by atoms with E-state index in [1.165, 1.54) is 6.08 Å². The Hall–Kier alpha value is -4.24. The van der Waals surface area contributed by atoms with Crippen molar-refractivity contribution < 1.29 is 14.7 Å². The number of carboxylic acid groups (broad SMARTS) is 1. The Balaban J connectivity index is 1.56. The minimum absolute atomic E-state index is 0.00339. The van der Waals surface area contributed by atoms with Gasteiger partial charge in [-0.2, -0.15) is 5.26 Å². The molecule has 1 heterocycles. The van der Waals surface area contributed by atoms with Gasteiger partial charge in [0.1, 0.15) is 11.6 Å². The van der Waals surface area contributed by atoms with Crippen LogP contribution in [0.15, 0.2) is 78.4 Å². The quantitative estimate of drug-likeness (QED) is 0.394. The number of amides is 1. The summed E-state index contributed by atoms with van der Waals surface area (Å²) in [6, 6.07) is 24.5. The molecule has 0 radical (unpaired) electrons. The molecule has 0 aliphatic heterocycles. The topological polar surface area (TPSA) is 103 Å². The number of carbonyl (C=O) groups excluding carboxylic acids is 1. The molecular weight excluding hydrogens is 426 g/mol. The monoisotopic (exact) mass is 451 g/mol. The third-order valence-electron chi connectivity index (χ3n) is 6.17. The smallest absolute Gasteiger partial charge is 0.307 e. The second-order valence-electron chi connectivity index (χ2n) is 8.49. The number of hydrogen-bond acceptors (Lipinski definition) is 4. The third kappa shape index (κ3) is 5.21. The lowest BCUT2D eigenvalue weighted by molar-refractivity contribution is -0.136. The molecule has 1 aliphatic rings. The Morgan fingerprint density at radius 1 is 1.00 bits per heavy atom. The molecule has 1 aromatic heterocycles. The van der Waals surface area contributed by atoms with E-state index in [4.69, 9.17) is 5.11 Å². The number of carboxylic acids is 1.